The molecular formula is C20H27N5O. The zero-order valence-corrected chi connectivity index (χ0v) is 15.2. The molecule has 1 fully saturated rings. The van der Waals surface area contributed by atoms with Crippen LogP contribution < -0.4 is 5.32 Å². The Kier molecular flexibility index (Phi) is 5.20. The van der Waals surface area contributed by atoms with Gasteiger partial charge in [-0.05, 0) is 30.9 Å². The summed E-state index contributed by atoms with van der Waals surface area (Å²) in [5.41, 5.74) is 2.59. The van der Waals surface area contributed by atoms with Crippen LogP contribution in [-0.2, 0) is 13.0 Å². The predicted octanol–water partition coefficient (Wildman–Crippen LogP) is 2.29. The molecule has 2 aliphatic rings. The van der Waals surface area contributed by atoms with Crippen LogP contribution in [0.5, 0.6) is 0 Å². The van der Waals surface area contributed by atoms with Gasteiger partial charge in [0.15, 0.2) is 0 Å². The van der Waals surface area contributed by atoms with Gasteiger partial charge >= 0.3 is 6.03 Å². The van der Waals surface area contributed by atoms with Crippen LogP contribution in [0.15, 0.2) is 42.6 Å². The van der Waals surface area contributed by atoms with Gasteiger partial charge in [-0.1, -0.05) is 30.3 Å². The third-order valence-corrected chi connectivity index (χ3v) is 5.39. The van der Waals surface area contributed by atoms with Crippen LogP contribution in [0.2, 0.25) is 0 Å². The first-order valence-corrected chi connectivity index (χ1v) is 9.61. The number of nitrogens with one attached hydrogen (secondary N) is 1. The molecule has 6 nitrogen and oxygen atoms in total. The number of urea groups is 1. The SMILES string of the molecule is O=C(NCC1CN(CCc2ccccc2)Cc2ccnn21)N1CCCC1. The monoisotopic (exact) mass is 353 g/mol. The van der Waals surface area contributed by atoms with Crippen molar-refractivity contribution in [1.29, 1.82) is 0 Å². The first-order valence-electron chi connectivity index (χ1n) is 9.61. The minimum absolute atomic E-state index is 0.0672. The number of carbonyl (C=O) groups is 1. The first-order chi connectivity index (χ1) is 12.8. The molecule has 1 aromatic carbocycles. The van der Waals surface area contributed by atoms with Crippen molar-refractivity contribution in [2.24, 2.45) is 0 Å². The topological polar surface area (TPSA) is 53.4 Å². The lowest BCUT2D eigenvalue weighted by atomic mass is 10.1. The van der Waals surface area contributed by atoms with Gasteiger partial charge in [-0.2, -0.15) is 5.10 Å². The van der Waals surface area contributed by atoms with Crippen molar-refractivity contribution in [2.45, 2.75) is 31.8 Å². The Morgan fingerprint density at radius 1 is 1.15 bits per heavy atom. The van der Waals surface area contributed by atoms with Gasteiger partial charge in [0.1, 0.15) is 0 Å². The smallest absolute Gasteiger partial charge is 0.317 e. The molecule has 6 heteroatoms. The number of aromatic nitrogens is 2. The Hall–Kier alpha value is -2.34. The maximum Gasteiger partial charge on any atom is 0.317 e. The normalized spacial score (nSPS) is 20.2. The van der Waals surface area contributed by atoms with Crippen molar-refractivity contribution in [3.05, 3.63) is 53.9 Å². The lowest BCUT2D eigenvalue weighted by Crippen LogP contribution is -2.46. The summed E-state index contributed by atoms with van der Waals surface area (Å²) in [6.45, 7) is 5.25. The Balaban J connectivity index is 1.35. The van der Waals surface area contributed by atoms with Gasteiger partial charge in [0.25, 0.3) is 0 Å². The molecule has 4 rings (SSSR count). The third-order valence-electron chi connectivity index (χ3n) is 5.39. The summed E-state index contributed by atoms with van der Waals surface area (Å²) in [5.74, 6) is 0. The molecule has 1 unspecified atom stereocenters. The summed E-state index contributed by atoms with van der Waals surface area (Å²) < 4.78 is 2.09. The zero-order chi connectivity index (χ0) is 17.8. The van der Waals surface area contributed by atoms with Crippen LogP contribution in [-0.4, -0.2) is 58.3 Å². The maximum absolute atomic E-state index is 12.3. The standard InChI is InChI=1S/C20H27N5O/c26-20(24-11-4-5-12-24)21-14-19-16-23(15-18-8-10-22-25(18)19)13-9-17-6-2-1-3-7-17/h1-3,6-8,10,19H,4-5,9,11-16H2,(H,21,26). The Bertz CT molecular complexity index is 723. The van der Waals surface area contributed by atoms with E-state index in [1.807, 2.05) is 11.1 Å². The molecule has 2 aliphatic heterocycles. The van der Waals surface area contributed by atoms with E-state index in [4.69, 9.17) is 0 Å². The highest BCUT2D eigenvalue weighted by Crippen LogP contribution is 2.20. The highest BCUT2D eigenvalue weighted by Gasteiger charge is 2.26. The Morgan fingerprint density at radius 2 is 1.96 bits per heavy atom. The zero-order valence-electron chi connectivity index (χ0n) is 15.2. The Labute approximate surface area is 154 Å². The van der Waals surface area contributed by atoms with E-state index in [1.165, 1.54) is 11.3 Å². The molecule has 2 aromatic rings. The van der Waals surface area contributed by atoms with E-state index < -0.39 is 0 Å². The first kappa shape index (κ1) is 17.1. The van der Waals surface area contributed by atoms with Crippen LogP contribution in [0.3, 0.4) is 0 Å². The number of likely N-dealkylation sites (tertiary alicyclic amines) is 1. The molecule has 1 N–H and O–H groups in total. The molecule has 1 aromatic heterocycles. The Morgan fingerprint density at radius 3 is 2.77 bits per heavy atom. The van der Waals surface area contributed by atoms with E-state index in [1.54, 1.807) is 0 Å². The van der Waals surface area contributed by atoms with Crippen LogP contribution in [0.1, 0.15) is 30.1 Å². The average Bonchev–Trinajstić information content (AvgIpc) is 3.36. The number of nitrogens with zero attached hydrogens (tertiary/aromatic N) is 4. The van der Waals surface area contributed by atoms with Gasteiger partial charge in [-0.25, -0.2) is 4.79 Å². The molecule has 138 valence electrons. The van der Waals surface area contributed by atoms with E-state index in [0.29, 0.717) is 6.54 Å². The second kappa shape index (κ2) is 7.91. The van der Waals surface area contributed by atoms with Crippen molar-refractivity contribution < 1.29 is 4.79 Å². The fourth-order valence-electron chi connectivity index (χ4n) is 3.96. The molecule has 1 saturated heterocycles. The molecule has 3 heterocycles. The maximum atomic E-state index is 12.3. The number of amides is 2. The van der Waals surface area contributed by atoms with Crippen LogP contribution in [0, 0.1) is 0 Å². The fraction of sp³-hybridized carbons (Fsp3) is 0.500. The summed E-state index contributed by atoms with van der Waals surface area (Å²) in [6.07, 6.45) is 5.15. The molecule has 0 saturated carbocycles. The van der Waals surface area contributed by atoms with Crippen molar-refractivity contribution in [1.82, 2.24) is 24.9 Å². The van der Waals surface area contributed by atoms with E-state index in [0.717, 1.165) is 52.0 Å². The lowest BCUT2D eigenvalue weighted by molar-refractivity contribution is 0.168. The van der Waals surface area contributed by atoms with Crippen molar-refractivity contribution in [2.75, 3.05) is 32.7 Å². The second-order valence-electron chi connectivity index (χ2n) is 7.27. The third kappa shape index (κ3) is 3.90. The second-order valence-corrected chi connectivity index (χ2v) is 7.27. The van der Waals surface area contributed by atoms with E-state index in [-0.39, 0.29) is 12.1 Å². The summed E-state index contributed by atoms with van der Waals surface area (Å²) in [4.78, 5) is 16.7. The largest absolute Gasteiger partial charge is 0.336 e. The number of hydrogen-bond donors (Lipinski definition) is 1. The number of fused-ring (bicyclic) bond motifs is 1. The van der Waals surface area contributed by atoms with Crippen LogP contribution >= 0.6 is 0 Å². The molecule has 26 heavy (non-hydrogen) atoms. The number of benzene rings is 1. The predicted molar refractivity (Wildman–Crippen MR) is 101 cm³/mol. The summed E-state index contributed by atoms with van der Waals surface area (Å²) in [6, 6.07) is 13.0. The van der Waals surface area contributed by atoms with Crippen LogP contribution in [0.25, 0.3) is 0 Å². The fourth-order valence-corrected chi connectivity index (χ4v) is 3.96. The van der Waals surface area contributed by atoms with E-state index >= 15 is 0 Å². The highest BCUT2D eigenvalue weighted by molar-refractivity contribution is 5.74. The molecule has 0 bridgehead atoms. The van der Waals surface area contributed by atoms with Gasteiger partial charge in [0.05, 0.1) is 11.7 Å². The highest BCUT2D eigenvalue weighted by atomic mass is 16.2. The van der Waals surface area contributed by atoms with Gasteiger partial charge in [-0.15, -0.1) is 0 Å². The van der Waals surface area contributed by atoms with Crippen LogP contribution in [0.4, 0.5) is 4.79 Å². The quantitative estimate of drug-likeness (QED) is 0.897. The van der Waals surface area contributed by atoms with Crippen molar-refractivity contribution in [3.8, 4) is 0 Å². The molecule has 0 aliphatic carbocycles. The molecule has 1 atom stereocenters. The number of carbonyl (C=O) groups excluding carboxylic acids is 1. The lowest BCUT2D eigenvalue weighted by Gasteiger charge is -2.34. The molecule has 2 amide bonds. The van der Waals surface area contributed by atoms with E-state index in [2.05, 4.69) is 56.4 Å². The van der Waals surface area contributed by atoms with E-state index in [9.17, 15) is 4.79 Å². The summed E-state index contributed by atoms with van der Waals surface area (Å²) >= 11 is 0. The average molecular weight is 353 g/mol. The summed E-state index contributed by atoms with van der Waals surface area (Å²) in [7, 11) is 0. The molecule has 0 radical (unpaired) electrons. The summed E-state index contributed by atoms with van der Waals surface area (Å²) in [5, 5.41) is 7.61. The number of rotatable bonds is 5. The van der Waals surface area contributed by atoms with Gasteiger partial charge in [-0.3, -0.25) is 9.58 Å². The minimum Gasteiger partial charge on any atom is -0.336 e. The van der Waals surface area contributed by atoms with Gasteiger partial charge in [0.2, 0.25) is 0 Å². The number of hydrogen-bond acceptors (Lipinski definition) is 3. The molecular weight excluding hydrogens is 326 g/mol. The van der Waals surface area contributed by atoms with Crippen molar-refractivity contribution >= 4 is 6.03 Å². The molecule has 0 spiro atoms. The van der Waals surface area contributed by atoms with Crippen molar-refractivity contribution in [3.63, 3.8) is 0 Å². The van der Waals surface area contributed by atoms with Gasteiger partial charge in [0, 0.05) is 45.5 Å². The minimum atomic E-state index is 0.0672. The van der Waals surface area contributed by atoms with Gasteiger partial charge < -0.3 is 10.2 Å².